The molecule has 230 valence electrons. The Labute approximate surface area is 251 Å². The number of methoxy groups -OCH3 is 2. The number of fused-ring (bicyclic) bond motifs is 1. The molecule has 1 fully saturated rings. The number of nitrogens with zero attached hydrogens (tertiary/aromatic N) is 3. The van der Waals surface area contributed by atoms with Gasteiger partial charge < -0.3 is 35.6 Å². The fraction of sp³-hybridized carbons (Fsp3) is 0.452. The van der Waals surface area contributed by atoms with E-state index in [2.05, 4.69) is 31.2 Å². The summed E-state index contributed by atoms with van der Waals surface area (Å²) in [5.41, 5.74) is 1.17. The van der Waals surface area contributed by atoms with Gasteiger partial charge in [0, 0.05) is 18.0 Å². The summed E-state index contributed by atoms with van der Waals surface area (Å²) in [5, 5.41) is 12.7. The number of amides is 3. The lowest BCUT2D eigenvalue weighted by molar-refractivity contribution is -0.143. The molecule has 1 aliphatic rings. The van der Waals surface area contributed by atoms with Crippen molar-refractivity contribution in [3.8, 4) is 11.5 Å². The van der Waals surface area contributed by atoms with E-state index in [0.717, 1.165) is 5.69 Å². The van der Waals surface area contributed by atoms with Crippen molar-refractivity contribution in [1.82, 2.24) is 25.5 Å². The Hall–Kier alpha value is -4.45. The van der Waals surface area contributed by atoms with Crippen molar-refractivity contribution >= 4 is 45.8 Å². The maximum absolute atomic E-state index is 13.8. The molecule has 12 nitrogen and oxygen atoms in total. The normalized spacial score (nSPS) is 16.3. The first kappa shape index (κ1) is 31.5. The summed E-state index contributed by atoms with van der Waals surface area (Å²) in [4.78, 5) is 50.6. The lowest BCUT2D eigenvalue weighted by Crippen LogP contribution is -2.59. The van der Waals surface area contributed by atoms with Crippen LogP contribution in [0.25, 0.3) is 10.9 Å². The Morgan fingerprint density at radius 2 is 1.74 bits per heavy atom. The molecule has 0 aliphatic carbocycles. The van der Waals surface area contributed by atoms with Gasteiger partial charge in [-0.15, -0.1) is 0 Å². The van der Waals surface area contributed by atoms with Crippen LogP contribution in [0, 0.1) is 5.41 Å². The van der Waals surface area contributed by atoms with Gasteiger partial charge in [-0.3, -0.25) is 14.4 Å². The number of nitrogens with one attached hydrogen (secondary N) is 4. The van der Waals surface area contributed by atoms with Gasteiger partial charge >= 0.3 is 0 Å². The standard InChI is InChI=1S/C31H41N7O5/c1-18(32-5)28(39)37-26(31(2,3)4)30(41)38-14-10-12-23(38)29(40)36-22-15-19-21(16-25(22)43-7)33-17-34-27(19)35-20-11-8-9-13-24(20)42-6/h8-9,11,13,15-18,23,26,32H,10,12,14H2,1-7H3,(H,36,40)(H,37,39)(H,33,34,35). The molecule has 3 amide bonds. The molecule has 3 unspecified atom stereocenters. The van der Waals surface area contributed by atoms with Crippen LogP contribution in [-0.2, 0) is 14.4 Å². The SMILES string of the molecule is CNC(C)C(=O)NC(C(=O)N1CCCC1C(=O)Nc1cc2c(Nc3ccccc3OC)ncnc2cc1OC)C(C)(C)C. The lowest BCUT2D eigenvalue weighted by Gasteiger charge is -2.36. The van der Waals surface area contributed by atoms with E-state index in [4.69, 9.17) is 9.47 Å². The third kappa shape index (κ3) is 6.96. The Morgan fingerprint density at radius 1 is 1.02 bits per heavy atom. The summed E-state index contributed by atoms with van der Waals surface area (Å²) in [7, 11) is 4.79. The third-order valence-electron chi connectivity index (χ3n) is 7.64. The van der Waals surface area contributed by atoms with Gasteiger partial charge in [-0.2, -0.15) is 0 Å². The highest BCUT2D eigenvalue weighted by atomic mass is 16.5. The van der Waals surface area contributed by atoms with Crippen LogP contribution >= 0.6 is 0 Å². The number of likely N-dealkylation sites (tertiary alicyclic amines) is 1. The fourth-order valence-electron chi connectivity index (χ4n) is 5.06. The number of anilines is 3. The van der Waals surface area contributed by atoms with Gasteiger partial charge in [0.1, 0.15) is 35.7 Å². The van der Waals surface area contributed by atoms with E-state index in [9.17, 15) is 14.4 Å². The van der Waals surface area contributed by atoms with Gasteiger partial charge in [0.2, 0.25) is 17.7 Å². The van der Waals surface area contributed by atoms with Crippen molar-refractivity contribution < 1.29 is 23.9 Å². The van der Waals surface area contributed by atoms with Crippen molar-refractivity contribution in [1.29, 1.82) is 0 Å². The molecular formula is C31H41N7O5. The molecule has 4 rings (SSSR count). The second kappa shape index (κ2) is 13.2. The molecule has 2 heterocycles. The van der Waals surface area contributed by atoms with E-state index in [1.54, 1.807) is 38.1 Å². The summed E-state index contributed by atoms with van der Waals surface area (Å²) in [6, 6.07) is 8.96. The molecule has 12 heteroatoms. The predicted octanol–water partition coefficient (Wildman–Crippen LogP) is 3.46. The molecule has 0 spiro atoms. The Morgan fingerprint density at radius 3 is 2.42 bits per heavy atom. The Kier molecular flexibility index (Phi) is 9.70. The predicted molar refractivity (Wildman–Crippen MR) is 166 cm³/mol. The molecule has 43 heavy (non-hydrogen) atoms. The average Bonchev–Trinajstić information content (AvgIpc) is 3.49. The van der Waals surface area contributed by atoms with Crippen molar-refractivity contribution in [3.05, 3.63) is 42.7 Å². The van der Waals surface area contributed by atoms with Crippen LogP contribution in [0.5, 0.6) is 11.5 Å². The van der Waals surface area contributed by atoms with Gasteiger partial charge in [-0.1, -0.05) is 32.9 Å². The molecule has 2 aromatic carbocycles. The maximum Gasteiger partial charge on any atom is 0.247 e. The summed E-state index contributed by atoms with van der Waals surface area (Å²) < 4.78 is 11.1. The Balaban J connectivity index is 1.61. The second-order valence-corrected chi connectivity index (χ2v) is 11.6. The molecular weight excluding hydrogens is 550 g/mol. The zero-order valence-electron chi connectivity index (χ0n) is 25.8. The largest absolute Gasteiger partial charge is 0.495 e. The number of ether oxygens (including phenoxy) is 2. The maximum atomic E-state index is 13.8. The van der Waals surface area contributed by atoms with E-state index < -0.39 is 23.5 Å². The number of hydrogen-bond donors (Lipinski definition) is 4. The molecule has 4 N–H and O–H groups in total. The highest BCUT2D eigenvalue weighted by Crippen LogP contribution is 2.35. The van der Waals surface area contributed by atoms with Gasteiger partial charge in [0.15, 0.2) is 0 Å². The lowest BCUT2D eigenvalue weighted by atomic mass is 9.85. The van der Waals surface area contributed by atoms with Crippen LogP contribution in [0.2, 0.25) is 0 Å². The van der Waals surface area contributed by atoms with Gasteiger partial charge in [-0.05, 0) is 50.4 Å². The minimum absolute atomic E-state index is 0.281. The number of rotatable bonds is 10. The highest BCUT2D eigenvalue weighted by molar-refractivity contribution is 6.03. The van der Waals surface area contributed by atoms with Crippen LogP contribution in [0.4, 0.5) is 17.2 Å². The quantitative estimate of drug-likeness (QED) is 0.278. The number of carbonyl (C=O) groups excluding carboxylic acids is 3. The molecule has 0 radical (unpaired) electrons. The minimum atomic E-state index is -0.805. The Bertz CT molecular complexity index is 1490. The van der Waals surface area contributed by atoms with Crippen LogP contribution in [0.1, 0.15) is 40.5 Å². The number of hydrogen-bond acceptors (Lipinski definition) is 9. The first-order valence-corrected chi connectivity index (χ1v) is 14.3. The molecule has 1 aromatic heterocycles. The first-order chi connectivity index (χ1) is 20.5. The molecule has 0 bridgehead atoms. The molecule has 1 saturated heterocycles. The van der Waals surface area contributed by atoms with Crippen molar-refractivity contribution in [2.45, 2.75) is 58.7 Å². The van der Waals surface area contributed by atoms with Crippen LogP contribution < -0.4 is 30.7 Å². The van der Waals surface area contributed by atoms with Crippen LogP contribution in [0.15, 0.2) is 42.7 Å². The van der Waals surface area contributed by atoms with Crippen molar-refractivity contribution in [3.63, 3.8) is 0 Å². The zero-order chi connectivity index (χ0) is 31.3. The van der Waals surface area contributed by atoms with Gasteiger partial charge in [0.05, 0.1) is 37.2 Å². The fourth-order valence-corrected chi connectivity index (χ4v) is 5.06. The zero-order valence-corrected chi connectivity index (χ0v) is 25.8. The monoisotopic (exact) mass is 591 g/mol. The van der Waals surface area contributed by atoms with E-state index in [1.807, 2.05) is 45.0 Å². The highest BCUT2D eigenvalue weighted by Gasteiger charge is 2.42. The van der Waals surface area contributed by atoms with Crippen LogP contribution in [0.3, 0.4) is 0 Å². The molecule has 0 saturated carbocycles. The van der Waals surface area contributed by atoms with Crippen molar-refractivity contribution in [2.24, 2.45) is 5.41 Å². The minimum Gasteiger partial charge on any atom is -0.495 e. The number of benzene rings is 2. The van der Waals surface area contributed by atoms with Crippen LogP contribution in [-0.4, -0.2) is 78.5 Å². The average molecular weight is 592 g/mol. The molecule has 3 atom stereocenters. The van der Waals surface area contributed by atoms with E-state index >= 15 is 0 Å². The summed E-state index contributed by atoms with van der Waals surface area (Å²) in [5.74, 6) is 0.666. The third-order valence-corrected chi connectivity index (χ3v) is 7.64. The number of para-hydroxylation sites is 2. The van der Waals surface area contributed by atoms with Gasteiger partial charge in [-0.25, -0.2) is 9.97 Å². The molecule has 1 aliphatic heterocycles. The number of aromatic nitrogens is 2. The smallest absolute Gasteiger partial charge is 0.247 e. The van der Waals surface area contributed by atoms with E-state index in [0.29, 0.717) is 53.3 Å². The molecule has 3 aromatic rings. The number of carbonyl (C=O) groups is 3. The van der Waals surface area contributed by atoms with Gasteiger partial charge in [0.25, 0.3) is 0 Å². The summed E-state index contributed by atoms with van der Waals surface area (Å²) in [6.45, 7) is 7.82. The van der Waals surface area contributed by atoms with Crippen molar-refractivity contribution in [2.75, 3.05) is 38.4 Å². The van der Waals surface area contributed by atoms with E-state index in [1.165, 1.54) is 13.4 Å². The second-order valence-electron chi connectivity index (χ2n) is 11.6. The first-order valence-electron chi connectivity index (χ1n) is 14.3. The summed E-state index contributed by atoms with van der Waals surface area (Å²) in [6.07, 6.45) is 2.60. The summed E-state index contributed by atoms with van der Waals surface area (Å²) >= 11 is 0. The topological polar surface area (TPSA) is 147 Å². The van der Waals surface area contributed by atoms with E-state index in [-0.39, 0.29) is 17.7 Å². The number of likely N-dealkylation sites (N-methyl/N-ethyl adjacent to an activating group) is 1.